The van der Waals surface area contributed by atoms with E-state index >= 15 is 0 Å². The Labute approximate surface area is 381 Å². The normalized spacial score (nSPS) is 31.9. The van der Waals surface area contributed by atoms with Crippen molar-refractivity contribution in [1.29, 1.82) is 0 Å². The number of rotatable bonds is 25. The highest BCUT2D eigenvalue weighted by molar-refractivity contribution is 7.47. The van der Waals surface area contributed by atoms with Crippen LogP contribution in [0.15, 0.2) is 36.5 Å². The Kier molecular flexibility index (Phi) is 30.3. The first kappa shape index (κ1) is 58.1. The van der Waals surface area contributed by atoms with Crippen LogP contribution < -0.4 is 0 Å². The van der Waals surface area contributed by atoms with Crippen molar-refractivity contribution in [3.8, 4) is 0 Å². The second kappa shape index (κ2) is 33.4. The SMILES string of the molecule is CCCCCCCC/C=C\CCCCCCCCCC(=O)OC[C@@H]1COP(=O)(O)O[C@H]2[C@H](O)[C@@H](O)[C@H](O)[C@H](CC=CCC(=O)O1)[C@@H](O)C[C@@H](O)[C@H](/C=C\[C@H](O)CCCCC)[C@@H](O)[C@H]2O. The van der Waals surface area contributed by atoms with Gasteiger partial charge in [0.15, 0.2) is 6.10 Å². The van der Waals surface area contributed by atoms with Crippen LogP contribution in [0.4, 0.5) is 0 Å². The zero-order valence-corrected chi connectivity index (χ0v) is 39.3. The van der Waals surface area contributed by atoms with Gasteiger partial charge in [0.1, 0.15) is 31.0 Å². The van der Waals surface area contributed by atoms with Crippen LogP contribution in [0, 0.1) is 11.8 Å². The molecule has 1 saturated carbocycles. The topological polar surface area (TPSA) is 270 Å². The van der Waals surface area contributed by atoms with Crippen LogP contribution >= 0.6 is 7.82 Å². The zero-order chi connectivity index (χ0) is 47.3. The monoisotopic (exact) mass is 935 g/mol. The molecular formula is C47H83O16P. The maximum absolute atomic E-state index is 13.4. The first-order valence-electron chi connectivity index (χ1n) is 24.0. The van der Waals surface area contributed by atoms with E-state index in [1.54, 1.807) is 0 Å². The summed E-state index contributed by atoms with van der Waals surface area (Å²) in [6.07, 6.45) is 9.36. The number of aliphatic hydroxyl groups is 8. The molecule has 372 valence electrons. The van der Waals surface area contributed by atoms with Gasteiger partial charge in [0.05, 0.1) is 43.5 Å². The molecule has 0 aromatic rings. The van der Waals surface area contributed by atoms with Gasteiger partial charge in [0.25, 0.3) is 0 Å². The first-order valence-corrected chi connectivity index (χ1v) is 25.5. The molecule has 13 atom stereocenters. The highest BCUT2D eigenvalue weighted by atomic mass is 31.2. The van der Waals surface area contributed by atoms with E-state index < -0.39 is 112 Å². The number of carbonyl (C=O) groups excluding carboxylic acids is 2. The lowest BCUT2D eigenvalue weighted by molar-refractivity contribution is -0.167. The molecule has 1 unspecified atom stereocenters. The number of phosphoric acid groups is 1. The van der Waals surface area contributed by atoms with Gasteiger partial charge in [-0.2, -0.15) is 0 Å². The highest BCUT2D eigenvalue weighted by Crippen LogP contribution is 2.47. The Bertz CT molecular complexity index is 1390. The Morgan fingerprint density at radius 1 is 0.766 bits per heavy atom. The molecule has 2 aliphatic rings. The molecule has 17 heteroatoms. The molecule has 0 aromatic heterocycles. The number of aliphatic hydroxyl groups excluding tert-OH is 8. The van der Waals surface area contributed by atoms with Crippen molar-refractivity contribution in [2.24, 2.45) is 11.8 Å². The molecule has 0 aromatic carbocycles. The number of carbonyl (C=O) groups is 2. The summed E-state index contributed by atoms with van der Waals surface area (Å²) in [5.41, 5.74) is 0. The summed E-state index contributed by atoms with van der Waals surface area (Å²) in [4.78, 5) is 36.3. The minimum absolute atomic E-state index is 0.0962. The molecule has 1 fully saturated rings. The van der Waals surface area contributed by atoms with E-state index in [0.29, 0.717) is 19.3 Å². The van der Waals surface area contributed by atoms with Gasteiger partial charge in [-0.15, -0.1) is 0 Å². The summed E-state index contributed by atoms with van der Waals surface area (Å²) < 4.78 is 34.4. The Hall–Kier alpha value is -2.05. The molecule has 2 bridgehead atoms. The summed E-state index contributed by atoms with van der Waals surface area (Å²) >= 11 is 0. The number of ether oxygens (including phenoxy) is 2. The zero-order valence-electron chi connectivity index (χ0n) is 38.4. The lowest BCUT2D eigenvalue weighted by Crippen LogP contribution is -2.55. The highest BCUT2D eigenvalue weighted by Gasteiger charge is 2.49. The summed E-state index contributed by atoms with van der Waals surface area (Å²) in [5.74, 6) is -4.24. The number of hydrogen-bond donors (Lipinski definition) is 9. The maximum atomic E-state index is 13.4. The molecule has 2 rings (SSSR count). The number of hydrogen-bond acceptors (Lipinski definition) is 15. The van der Waals surface area contributed by atoms with Gasteiger partial charge < -0.3 is 55.2 Å². The van der Waals surface area contributed by atoms with Crippen molar-refractivity contribution in [1.82, 2.24) is 0 Å². The molecule has 0 spiro atoms. The van der Waals surface area contributed by atoms with Gasteiger partial charge in [0.2, 0.25) is 0 Å². The van der Waals surface area contributed by atoms with Crippen LogP contribution in [0.2, 0.25) is 0 Å². The van der Waals surface area contributed by atoms with Crippen LogP contribution in [0.3, 0.4) is 0 Å². The molecule has 1 aliphatic carbocycles. The summed E-state index contributed by atoms with van der Waals surface area (Å²) in [6.45, 7) is 2.80. The van der Waals surface area contributed by atoms with Crippen LogP contribution in [-0.4, -0.2) is 132 Å². The number of cyclic esters (lactones) is 1. The van der Waals surface area contributed by atoms with Gasteiger partial charge in [0, 0.05) is 24.7 Å². The minimum Gasteiger partial charge on any atom is -0.462 e. The Morgan fingerprint density at radius 3 is 1.98 bits per heavy atom. The van der Waals surface area contributed by atoms with E-state index in [9.17, 15) is 59.9 Å². The third-order valence-corrected chi connectivity index (χ3v) is 13.0. The van der Waals surface area contributed by atoms with Crippen LogP contribution in [0.1, 0.15) is 162 Å². The number of phosphoric ester groups is 1. The largest absolute Gasteiger partial charge is 0.472 e. The average Bonchev–Trinajstić information content (AvgIpc) is 3.26. The summed E-state index contributed by atoms with van der Waals surface area (Å²) in [7, 11) is -5.42. The van der Waals surface area contributed by atoms with Crippen molar-refractivity contribution < 1.29 is 78.4 Å². The second-order valence-electron chi connectivity index (χ2n) is 17.6. The molecule has 16 nitrogen and oxygen atoms in total. The summed E-state index contributed by atoms with van der Waals surface area (Å²) in [5, 5.41) is 89.4. The molecular weight excluding hydrogens is 851 g/mol. The Morgan fingerprint density at radius 2 is 1.34 bits per heavy atom. The lowest BCUT2D eigenvalue weighted by atomic mass is 9.83. The van der Waals surface area contributed by atoms with Gasteiger partial charge in [-0.1, -0.05) is 134 Å². The fourth-order valence-electron chi connectivity index (χ4n) is 8.02. The molecule has 1 heterocycles. The third kappa shape index (κ3) is 23.6. The summed E-state index contributed by atoms with van der Waals surface area (Å²) in [6, 6.07) is 0. The van der Waals surface area contributed by atoms with Crippen molar-refractivity contribution in [3.05, 3.63) is 36.5 Å². The third-order valence-electron chi connectivity index (χ3n) is 12.0. The van der Waals surface area contributed by atoms with E-state index in [-0.39, 0.29) is 19.3 Å². The fourth-order valence-corrected chi connectivity index (χ4v) is 9.00. The van der Waals surface area contributed by atoms with E-state index in [0.717, 1.165) is 64.2 Å². The number of unbranched alkanes of at least 4 members (excludes halogenated alkanes) is 15. The minimum atomic E-state index is -5.42. The second-order valence-corrected chi connectivity index (χ2v) is 19.0. The van der Waals surface area contributed by atoms with Gasteiger partial charge >= 0.3 is 19.8 Å². The molecule has 0 saturated heterocycles. The predicted octanol–water partition coefficient (Wildman–Crippen LogP) is 5.77. The molecule has 9 N–H and O–H groups in total. The van der Waals surface area contributed by atoms with Gasteiger partial charge in [-0.3, -0.25) is 18.6 Å². The van der Waals surface area contributed by atoms with E-state index in [2.05, 4.69) is 19.1 Å². The lowest BCUT2D eigenvalue weighted by Gasteiger charge is -2.37. The van der Waals surface area contributed by atoms with Crippen LogP contribution in [0.5, 0.6) is 0 Å². The predicted molar refractivity (Wildman–Crippen MR) is 241 cm³/mol. The molecule has 0 radical (unpaired) electrons. The Balaban J connectivity index is 2.06. The van der Waals surface area contributed by atoms with Crippen LogP contribution in [-0.2, 0) is 32.7 Å². The van der Waals surface area contributed by atoms with Crippen molar-refractivity contribution in [2.75, 3.05) is 13.2 Å². The quantitative estimate of drug-likeness (QED) is 0.0228. The standard InChI is InChI=1S/C47H83O16P/c1-3-5-7-8-9-10-11-12-13-14-15-16-17-18-19-20-22-27-40(51)60-32-35-33-61-64(58,59)63-47-45(56)43(54)37(30-29-34(48)25-21-6-4-2)39(50)31-38(49)36(42(53)44(55)46(47)57)26-23-24-28-41(52)62-35/h12-13,23-24,29-30,34-39,42-50,53-57H,3-11,14-22,25-28,31-33H2,1-2H3,(H,58,59)/b13-12-,24-23?,30-29-/t34-,35-,36-,37+,38+,39-,42-,43-,44+,45-,46-,47-/m1/s1. The molecule has 64 heavy (non-hydrogen) atoms. The van der Waals surface area contributed by atoms with E-state index in [1.165, 1.54) is 62.8 Å². The molecule has 0 amide bonds. The van der Waals surface area contributed by atoms with E-state index in [4.69, 9.17) is 18.5 Å². The van der Waals surface area contributed by atoms with Gasteiger partial charge in [-0.05, 0) is 44.9 Å². The number of allylic oxidation sites excluding steroid dienone is 3. The smallest absolute Gasteiger partial charge is 0.462 e. The van der Waals surface area contributed by atoms with Crippen molar-refractivity contribution in [2.45, 2.75) is 223 Å². The van der Waals surface area contributed by atoms with Gasteiger partial charge in [-0.25, -0.2) is 4.57 Å². The van der Waals surface area contributed by atoms with Crippen molar-refractivity contribution in [3.63, 3.8) is 0 Å². The first-order chi connectivity index (χ1) is 30.6. The van der Waals surface area contributed by atoms with Crippen LogP contribution in [0.25, 0.3) is 0 Å². The van der Waals surface area contributed by atoms with Crippen molar-refractivity contribution >= 4 is 19.8 Å². The number of esters is 2. The maximum Gasteiger partial charge on any atom is 0.472 e. The average molecular weight is 935 g/mol. The molecule has 1 aliphatic heterocycles. The van der Waals surface area contributed by atoms with E-state index in [1.807, 2.05) is 6.92 Å². The number of fused-ring (bicyclic) bond motifs is 4. The fraction of sp³-hybridized carbons (Fsp3) is 0.830.